The smallest absolute Gasteiger partial charge is 0.245 e. The molecule has 0 bridgehead atoms. The summed E-state index contributed by atoms with van der Waals surface area (Å²) in [6, 6.07) is 17.4. The summed E-state index contributed by atoms with van der Waals surface area (Å²) in [5, 5.41) is 10.3. The highest BCUT2D eigenvalue weighted by atomic mass is 16.5. The molecule has 7 heteroatoms. The van der Waals surface area contributed by atoms with Crippen molar-refractivity contribution in [3.63, 3.8) is 0 Å². The fraction of sp³-hybridized carbons (Fsp3) is 0.321. The molecule has 1 aliphatic heterocycles. The summed E-state index contributed by atoms with van der Waals surface area (Å²) in [6.45, 7) is 8.10. The third-order valence-corrected chi connectivity index (χ3v) is 6.61. The van der Waals surface area contributed by atoms with E-state index >= 15 is 0 Å². The van der Waals surface area contributed by atoms with Crippen molar-refractivity contribution < 1.29 is 14.1 Å². The van der Waals surface area contributed by atoms with Gasteiger partial charge in [-0.2, -0.15) is 0 Å². The molecule has 1 amide bonds. The van der Waals surface area contributed by atoms with Gasteiger partial charge in [-0.25, -0.2) is 0 Å². The molecule has 2 aliphatic rings. The number of ketones is 1. The van der Waals surface area contributed by atoms with Crippen LogP contribution in [0.1, 0.15) is 49.6 Å². The Morgan fingerprint density at radius 3 is 2.60 bits per heavy atom. The second-order valence-electron chi connectivity index (χ2n) is 10.3. The van der Waals surface area contributed by atoms with Crippen molar-refractivity contribution in [2.24, 2.45) is 5.41 Å². The normalized spacial score (nSPS) is 18.9. The second kappa shape index (κ2) is 8.73. The fourth-order valence-corrected chi connectivity index (χ4v) is 5.08. The number of nitrogens with zero attached hydrogens (tertiary/aromatic N) is 2. The summed E-state index contributed by atoms with van der Waals surface area (Å²) in [7, 11) is 0. The number of fused-ring (bicyclic) bond motifs is 1. The van der Waals surface area contributed by atoms with E-state index in [4.69, 9.17) is 4.52 Å². The van der Waals surface area contributed by atoms with Gasteiger partial charge in [0.15, 0.2) is 11.6 Å². The van der Waals surface area contributed by atoms with Gasteiger partial charge in [-0.05, 0) is 43.4 Å². The van der Waals surface area contributed by atoms with Crippen LogP contribution in [-0.4, -0.2) is 23.4 Å². The molecule has 1 aliphatic carbocycles. The number of rotatable bonds is 4. The third kappa shape index (κ3) is 4.58. The van der Waals surface area contributed by atoms with Crippen LogP contribution in [-0.2, 0) is 9.59 Å². The van der Waals surface area contributed by atoms with Crippen LogP contribution in [0.5, 0.6) is 0 Å². The number of carbonyl (C=O) groups is 2. The van der Waals surface area contributed by atoms with Gasteiger partial charge in [-0.15, -0.1) is 0 Å². The lowest BCUT2D eigenvalue weighted by molar-refractivity contribution is -0.119. The lowest BCUT2D eigenvalue weighted by Gasteiger charge is -2.37. The van der Waals surface area contributed by atoms with Gasteiger partial charge in [-0.1, -0.05) is 61.0 Å². The molecule has 2 N–H and O–H groups in total. The van der Waals surface area contributed by atoms with E-state index < -0.39 is 6.04 Å². The van der Waals surface area contributed by atoms with Crippen LogP contribution < -0.4 is 15.5 Å². The minimum absolute atomic E-state index is 0.0383. The second-order valence-corrected chi connectivity index (χ2v) is 10.3. The highest BCUT2D eigenvalue weighted by Crippen LogP contribution is 2.48. The van der Waals surface area contributed by atoms with Gasteiger partial charge in [0.25, 0.3) is 0 Å². The first kappa shape index (κ1) is 22.9. The maximum Gasteiger partial charge on any atom is 0.245 e. The minimum atomic E-state index is -0.407. The number of para-hydroxylation sites is 2. The molecule has 5 rings (SSSR count). The summed E-state index contributed by atoms with van der Waals surface area (Å²) < 4.78 is 5.10. The van der Waals surface area contributed by atoms with Crippen LogP contribution >= 0.6 is 0 Å². The molecule has 2 heterocycles. The number of carbonyl (C=O) groups excluding carboxylic acids is 2. The van der Waals surface area contributed by atoms with Crippen molar-refractivity contribution in [1.29, 1.82) is 0 Å². The Morgan fingerprint density at radius 1 is 1.14 bits per heavy atom. The number of nitrogens with one attached hydrogen (secondary N) is 2. The zero-order chi connectivity index (χ0) is 24.7. The third-order valence-electron chi connectivity index (χ3n) is 6.61. The van der Waals surface area contributed by atoms with E-state index in [2.05, 4.69) is 41.8 Å². The average molecular weight is 471 g/mol. The minimum Gasteiger partial charge on any atom is -0.360 e. The maximum atomic E-state index is 13.7. The molecule has 7 nitrogen and oxygen atoms in total. The van der Waals surface area contributed by atoms with Gasteiger partial charge in [0.1, 0.15) is 5.76 Å². The predicted molar refractivity (Wildman–Crippen MR) is 136 cm³/mol. The summed E-state index contributed by atoms with van der Waals surface area (Å²) in [6.07, 6.45) is 1.22. The number of aromatic nitrogens is 1. The predicted octanol–water partition coefficient (Wildman–Crippen LogP) is 5.55. The summed E-state index contributed by atoms with van der Waals surface area (Å²) in [5.41, 5.74) is 5.37. The van der Waals surface area contributed by atoms with Gasteiger partial charge in [0.2, 0.25) is 5.91 Å². The van der Waals surface area contributed by atoms with E-state index in [-0.39, 0.29) is 23.7 Å². The molecule has 35 heavy (non-hydrogen) atoms. The van der Waals surface area contributed by atoms with Crippen molar-refractivity contribution in [3.05, 3.63) is 82.8 Å². The van der Waals surface area contributed by atoms with Crippen LogP contribution in [0.15, 0.2) is 70.4 Å². The zero-order valence-corrected chi connectivity index (χ0v) is 20.5. The molecule has 1 unspecified atom stereocenters. The average Bonchev–Trinajstić information content (AvgIpc) is 3.14. The fourth-order valence-electron chi connectivity index (χ4n) is 5.08. The van der Waals surface area contributed by atoms with Crippen LogP contribution in [0.2, 0.25) is 0 Å². The number of amides is 1. The van der Waals surface area contributed by atoms with Gasteiger partial charge in [-0.3, -0.25) is 9.59 Å². The zero-order valence-electron chi connectivity index (χ0n) is 20.5. The Bertz CT molecular complexity index is 1320. The number of Topliss-reactive ketones (excluding diaryl/α,β-unsaturated/α-hetero) is 1. The van der Waals surface area contributed by atoms with Crippen molar-refractivity contribution in [2.45, 2.75) is 46.6 Å². The van der Waals surface area contributed by atoms with Crippen molar-refractivity contribution in [3.8, 4) is 0 Å². The largest absolute Gasteiger partial charge is 0.360 e. The Morgan fingerprint density at radius 2 is 1.89 bits per heavy atom. The maximum absolute atomic E-state index is 13.7. The standard InChI is InChI=1S/C28H30N4O3/c1-17-9-11-19(12-10-17)27-26-21(14-28(3,4)15-23(26)33)29-20-7-5-6-8-22(20)32(27)16-25(34)30-24-13-18(2)35-31-24/h5-13,27,29H,14-16H2,1-4H3,(H,30,31,34). The first-order valence-corrected chi connectivity index (χ1v) is 11.9. The van der Waals surface area contributed by atoms with Crippen molar-refractivity contribution in [2.75, 3.05) is 22.1 Å². The molecule has 1 aromatic heterocycles. The van der Waals surface area contributed by atoms with Crippen molar-refractivity contribution >= 4 is 28.9 Å². The van der Waals surface area contributed by atoms with Gasteiger partial charge in [0.05, 0.1) is 24.0 Å². The van der Waals surface area contributed by atoms with Crippen molar-refractivity contribution in [1.82, 2.24) is 5.16 Å². The SMILES string of the molecule is Cc1ccc(C2C3=C(CC(C)(C)CC3=O)Nc3ccccc3N2CC(=O)Nc2cc(C)on2)cc1. The molecule has 0 spiro atoms. The number of hydrogen-bond donors (Lipinski definition) is 2. The first-order valence-electron chi connectivity index (χ1n) is 11.9. The van der Waals surface area contributed by atoms with Gasteiger partial charge >= 0.3 is 0 Å². The number of hydrogen-bond acceptors (Lipinski definition) is 6. The quantitative estimate of drug-likeness (QED) is 0.520. The monoisotopic (exact) mass is 470 g/mol. The molecule has 2 aromatic carbocycles. The van der Waals surface area contributed by atoms with Crippen LogP contribution in [0, 0.1) is 19.3 Å². The van der Waals surface area contributed by atoms with E-state index in [1.54, 1.807) is 13.0 Å². The Labute approximate surface area is 205 Å². The number of aryl methyl sites for hydroxylation is 2. The van der Waals surface area contributed by atoms with Crippen LogP contribution in [0.25, 0.3) is 0 Å². The van der Waals surface area contributed by atoms with E-state index in [9.17, 15) is 9.59 Å². The highest BCUT2D eigenvalue weighted by molar-refractivity contribution is 6.02. The molecule has 180 valence electrons. The van der Waals surface area contributed by atoms with E-state index in [0.29, 0.717) is 18.0 Å². The van der Waals surface area contributed by atoms with E-state index in [1.807, 2.05) is 48.2 Å². The summed E-state index contributed by atoms with van der Waals surface area (Å²) >= 11 is 0. The van der Waals surface area contributed by atoms with E-state index in [1.165, 1.54) is 0 Å². The Hall–Kier alpha value is -3.87. The van der Waals surface area contributed by atoms with Crippen LogP contribution in [0.4, 0.5) is 17.2 Å². The van der Waals surface area contributed by atoms with E-state index in [0.717, 1.165) is 40.2 Å². The first-order chi connectivity index (χ1) is 16.7. The van der Waals surface area contributed by atoms with Crippen LogP contribution in [0.3, 0.4) is 0 Å². The lowest BCUT2D eigenvalue weighted by Crippen LogP contribution is -2.40. The number of allylic oxidation sites excluding steroid dienone is 1. The molecule has 0 saturated carbocycles. The summed E-state index contributed by atoms with van der Waals surface area (Å²) in [4.78, 5) is 28.9. The number of benzene rings is 2. The molecular formula is C28H30N4O3. The summed E-state index contributed by atoms with van der Waals surface area (Å²) in [5.74, 6) is 0.862. The molecule has 0 saturated heterocycles. The Balaban J connectivity index is 1.64. The lowest BCUT2D eigenvalue weighted by atomic mass is 9.73. The highest BCUT2D eigenvalue weighted by Gasteiger charge is 2.41. The van der Waals surface area contributed by atoms with Gasteiger partial charge < -0.3 is 20.1 Å². The molecule has 1 atom stereocenters. The Kier molecular flexibility index (Phi) is 5.71. The number of anilines is 3. The molecule has 0 radical (unpaired) electrons. The molecule has 3 aromatic rings. The van der Waals surface area contributed by atoms with Gasteiger partial charge in [0, 0.05) is 23.8 Å². The molecule has 0 fully saturated rings. The molecular weight excluding hydrogens is 440 g/mol. The topological polar surface area (TPSA) is 87.5 Å².